The molecule has 5 heteroatoms. The smallest absolute Gasteiger partial charge is 0.254 e. The minimum absolute atomic E-state index is 0.0795. The van der Waals surface area contributed by atoms with Gasteiger partial charge in [0, 0.05) is 18.0 Å². The van der Waals surface area contributed by atoms with E-state index in [0.717, 1.165) is 15.6 Å². The predicted octanol–water partition coefficient (Wildman–Crippen LogP) is 6.14. The van der Waals surface area contributed by atoms with Crippen LogP contribution in [0.5, 0.6) is 0 Å². The van der Waals surface area contributed by atoms with Crippen molar-refractivity contribution in [2.24, 2.45) is 0 Å². The van der Waals surface area contributed by atoms with Crippen molar-refractivity contribution in [1.29, 1.82) is 0 Å². The van der Waals surface area contributed by atoms with Crippen molar-refractivity contribution in [2.75, 3.05) is 13.1 Å². The summed E-state index contributed by atoms with van der Waals surface area (Å²) in [6.45, 7) is 18.6. The van der Waals surface area contributed by atoms with Gasteiger partial charge in [-0.25, -0.2) is 0 Å². The van der Waals surface area contributed by atoms with Crippen molar-refractivity contribution in [2.45, 2.75) is 64.6 Å². The number of nitrogens with zero attached hydrogens (tertiary/aromatic N) is 1. The number of rotatable bonds is 7. The first-order chi connectivity index (χ1) is 11.6. The Labute approximate surface area is 159 Å². The van der Waals surface area contributed by atoms with Crippen LogP contribution in [0.4, 0.5) is 0 Å². The molecule has 25 heavy (non-hydrogen) atoms. The van der Waals surface area contributed by atoms with Crippen molar-refractivity contribution < 1.29 is 9.22 Å². The molecule has 0 bridgehead atoms. The lowest BCUT2D eigenvalue weighted by atomic mass is 10.2. The number of carbonyl (C=O) groups excluding carboxylic acids is 1. The first kappa shape index (κ1) is 21.8. The quantitative estimate of drug-likeness (QED) is 0.323. The zero-order valence-corrected chi connectivity index (χ0v) is 18.8. The minimum atomic E-state index is -1.91. The van der Waals surface area contributed by atoms with E-state index in [0.29, 0.717) is 13.1 Å². The van der Waals surface area contributed by atoms with Crippen molar-refractivity contribution in [3.8, 4) is 0 Å². The second kappa shape index (κ2) is 8.95. The Bertz CT molecular complexity index is 616. The summed E-state index contributed by atoms with van der Waals surface area (Å²) in [5, 5.41) is 1.02. The van der Waals surface area contributed by atoms with Gasteiger partial charge in [0.1, 0.15) is 5.09 Å². The average Bonchev–Trinajstić information content (AvgIpc) is 2.54. The Balaban J connectivity index is 3.08. The van der Waals surface area contributed by atoms with E-state index in [1.807, 2.05) is 56.0 Å². The van der Waals surface area contributed by atoms with E-state index in [1.165, 1.54) is 0 Å². The molecule has 0 spiro atoms. The highest BCUT2D eigenvalue weighted by Gasteiger charge is 2.39. The van der Waals surface area contributed by atoms with Crippen LogP contribution in [0.1, 0.15) is 51.9 Å². The third-order valence-electron chi connectivity index (χ3n) is 4.78. The Hall–Kier alpha value is -1.20. The van der Waals surface area contributed by atoms with Crippen LogP contribution in [-0.2, 0) is 4.43 Å². The predicted molar refractivity (Wildman–Crippen MR) is 112 cm³/mol. The molecule has 1 aromatic rings. The zero-order chi connectivity index (χ0) is 19.3. The molecule has 1 amide bonds. The molecule has 0 aliphatic carbocycles. The fourth-order valence-electron chi connectivity index (χ4n) is 2.07. The molecule has 0 heterocycles. The lowest BCUT2D eigenvalue weighted by molar-refractivity contribution is 0.0769. The van der Waals surface area contributed by atoms with Gasteiger partial charge in [0.15, 0.2) is 0 Å². The highest BCUT2D eigenvalue weighted by Crippen LogP contribution is 2.41. The molecular formula is C20H33NO2SSi. The van der Waals surface area contributed by atoms with Crippen molar-refractivity contribution in [3.05, 3.63) is 41.0 Å². The number of hydrogen-bond donors (Lipinski definition) is 0. The summed E-state index contributed by atoms with van der Waals surface area (Å²) in [4.78, 5) is 15.6. The summed E-state index contributed by atoms with van der Waals surface area (Å²) in [6.07, 6.45) is 2.00. The van der Waals surface area contributed by atoms with E-state index in [4.69, 9.17) is 4.43 Å². The molecule has 0 aliphatic rings. The Morgan fingerprint density at radius 3 is 2.24 bits per heavy atom. The summed E-state index contributed by atoms with van der Waals surface area (Å²) in [5.41, 5.74) is 0.745. The number of carbonyl (C=O) groups is 1. The van der Waals surface area contributed by atoms with Crippen LogP contribution >= 0.6 is 11.8 Å². The second-order valence-corrected chi connectivity index (χ2v) is 13.3. The Morgan fingerprint density at radius 2 is 1.76 bits per heavy atom. The van der Waals surface area contributed by atoms with Crippen LogP contribution in [-0.4, -0.2) is 32.2 Å². The van der Waals surface area contributed by atoms with Crippen LogP contribution in [0.3, 0.4) is 0 Å². The van der Waals surface area contributed by atoms with Crippen LogP contribution in [0.2, 0.25) is 18.1 Å². The minimum Gasteiger partial charge on any atom is -0.539 e. The Kier molecular flexibility index (Phi) is 7.81. The second-order valence-electron chi connectivity index (χ2n) is 7.55. The molecule has 0 fully saturated rings. The molecule has 0 N–H and O–H groups in total. The van der Waals surface area contributed by atoms with Crippen LogP contribution in [0.15, 0.2) is 40.3 Å². The van der Waals surface area contributed by atoms with E-state index in [9.17, 15) is 4.79 Å². The lowest BCUT2D eigenvalue weighted by Gasteiger charge is -2.37. The van der Waals surface area contributed by atoms with Gasteiger partial charge in [-0.1, -0.05) is 44.7 Å². The highest BCUT2D eigenvalue weighted by molar-refractivity contribution is 8.03. The molecule has 1 rings (SSSR count). The van der Waals surface area contributed by atoms with Gasteiger partial charge in [-0.05, 0) is 57.1 Å². The molecule has 0 atom stereocenters. The SMILES string of the molecule is C/C=C(\O[Si](C)(C)C(C)(C)C)Sc1ccccc1C(=O)N(CC)CC. The average molecular weight is 380 g/mol. The van der Waals surface area contributed by atoms with Crippen molar-refractivity contribution in [1.82, 2.24) is 4.90 Å². The molecule has 0 aromatic heterocycles. The van der Waals surface area contributed by atoms with Crippen LogP contribution in [0.25, 0.3) is 0 Å². The summed E-state index contributed by atoms with van der Waals surface area (Å²) in [7, 11) is -1.91. The van der Waals surface area contributed by atoms with Gasteiger partial charge in [-0.3, -0.25) is 4.79 Å². The summed E-state index contributed by atoms with van der Waals surface area (Å²) in [6, 6.07) is 7.80. The van der Waals surface area contributed by atoms with E-state index in [-0.39, 0.29) is 10.9 Å². The van der Waals surface area contributed by atoms with Gasteiger partial charge in [-0.15, -0.1) is 0 Å². The molecule has 1 aromatic carbocycles. The molecule has 0 unspecified atom stereocenters. The number of hydrogen-bond acceptors (Lipinski definition) is 3. The van der Waals surface area contributed by atoms with Crippen LogP contribution < -0.4 is 0 Å². The van der Waals surface area contributed by atoms with Gasteiger partial charge in [0.05, 0.1) is 5.56 Å². The third-order valence-corrected chi connectivity index (χ3v) is 10.4. The monoisotopic (exact) mass is 379 g/mol. The summed E-state index contributed by atoms with van der Waals surface area (Å²) >= 11 is 1.55. The fourth-order valence-corrected chi connectivity index (χ4v) is 4.53. The fraction of sp³-hybridized carbons (Fsp3) is 0.550. The maximum atomic E-state index is 12.8. The van der Waals surface area contributed by atoms with E-state index >= 15 is 0 Å². The number of benzene rings is 1. The van der Waals surface area contributed by atoms with Crippen molar-refractivity contribution >= 4 is 26.0 Å². The van der Waals surface area contributed by atoms with Gasteiger partial charge < -0.3 is 9.33 Å². The maximum Gasteiger partial charge on any atom is 0.254 e. The van der Waals surface area contributed by atoms with Gasteiger partial charge >= 0.3 is 0 Å². The molecule has 0 radical (unpaired) electrons. The number of amides is 1. The molecule has 0 saturated carbocycles. The van der Waals surface area contributed by atoms with Gasteiger partial charge in [-0.2, -0.15) is 0 Å². The lowest BCUT2D eigenvalue weighted by Crippen LogP contribution is -2.40. The molecule has 0 saturated heterocycles. The third kappa shape index (κ3) is 5.64. The van der Waals surface area contributed by atoms with E-state index < -0.39 is 8.32 Å². The van der Waals surface area contributed by atoms with E-state index in [1.54, 1.807) is 11.8 Å². The number of thioether (sulfide) groups is 1. The largest absolute Gasteiger partial charge is 0.539 e. The highest BCUT2D eigenvalue weighted by atomic mass is 32.2. The standard InChI is InChI=1S/C20H33NO2SSi/c1-9-18(23-25(7,8)20(4,5)6)24-17-15-13-12-14-16(17)19(22)21(10-2)11-3/h9,12-15H,10-11H2,1-8H3/b18-9+. The molecule has 0 aliphatic heterocycles. The Morgan fingerprint density at radius 1 is 1.20 bits per heavy atom. The topological polar surface area (TPSA) is 29.5 Å². The number of allylic oxidation sites excluding steroid dienone is 1. The molecule has 140 valence electrons. The molecular weight excluding hydrogens is 346 g/mol. The van der Waals surface area contributed by atoms with Gasteiger partial charge in [0.25, 0.3) is 14.2 Å². The molecule has 3 nitrogen and oxygen atoms in total. The first-order valence-corrected chi connectivity index (χ1v) is 12.7. The summed E-state index contributed by atoms with van der Waals surface area (Å²) in [5.74, 6) is 0.0795. The maximum absolute atomic E-state index is 12.8. The normalized spacial score (nSPS) is 12.9. The first-order valence-electron chi connectivity index (χ1n) is 8.98. The van der Waals surface area contributed by atoms with Gasteiger partial charge in [0.2, 0.25) is 0 Å². The zero-order valence-electron chi connectivity index (χ0n) is 17.0. The van der Waals surface area contributed by atoms with E-state index in [2.05, 4.69) is 33.9 Å². The van der Waals surface area contributed by atoms with Crippen molar-refractivity contribution in [3.63, 3.8) is 0 Å². The summed E-state index contributed by atoms with van der Waals surface area (Å²) < 4.78 is 6.44. The van der Waals surface area contributed by atoms with Crippen LogP contribution in [0, 0.1) is 0 Å².